The van der Waals surface area contributed by atoms with Crippen LogP contribution in [0.3, 0.4) is 0 Å². The lowest BCUT2D eigenvalue weighted by Crippen LogP contribution is -1.82. The van der Waals surface area contributed by atoms with E-state index >= 15 is 0 Å². The van der Waals surface area contributed by atoms with Crippen LogP contribution in [0, 0.1) is 0 Å². The van der Waals surface area contributed by atoms with Gasteiger partial charge in [0.25, 0.3) is 0 Å². The van der Waals surface area contributed by atoms with Crippen LogP contribution in [-0.2, 0) is 0 Å². The van der Waals surface area contributed by atoms with E-state index < -0.39 is 0 Å². The molecule has 0 amide bonds. The lowest BCUT2D eigenvalue weighted by Gasteiger charge is -2.00. The second-order valence-corrected chi connectivity index (χ2v) is 7.34. The summed E-state index contributed by atoms with van der Waals surface area (Å²) in [6.07, 6.45) is 13.1. The fourth-order valence-electron chi connectivity index (χ4n) is 1.58. The van der Waals surface area contributed by atoms with E-state index in [0.717, 1.165) is 0 Å². The van der Waals surface area contributed by atoms with Crippen molar-refractivity contribution >= 4 is 27.4 Å². The molecule has 78 valence electrons. The molecule has 0 nitrogen and oxygen atoms in total. The second-order valence-electron chi connectivity index (χ2n) is 3.87. The van der Waals surface area contributed by atoms with E-state index in [4.69, 9.17) is 0 Å². The first-order valence-corrected chi connectivity index (χ1v) is 10.9. The second kappa shape index (κ2) is 13.0. The largest absolute Gasteiger partial charge is 0.342 e. The highest BCUT2D eigenvalue weighted by Gasteiger charge is 1.92. The highest BCUT2D eigenvalue weighted by Crippen LogP contribution is 2.10. The van der Waals surface area contributed by atoms with Gasteiger partial charge in [0.15, 0.2) is 0 Å². The molecule has 13 heavy (non-hydrogen) atoms. The van der Waals surface area contributed by atoms with Crippen LogP contribution in [0.4, 0.5) is 0 Å². The summed E-state index contributed by atoms with van der Waals surface area (Å²) in [6.45, 7) is 2.28. The Morgan fingerprint density at radius 3 is 1.69 bits per heavy atom. The molecule has 0 aromatic carbocycles. The topological polar surface area (TPSA) is 0 Å². The van der Waals surface area contributed by atoms with Gasteiger partial charge in [-0.15, -0.1) is 0 Å². The fourth-order valence-corrected chi connectivity index (χ4v) is 3.31. The number of hydrogen-bond acceptors (Lipinski definition) is 0. The zero-order chi connectivity index (χ0) is 9.78. The molecule has 0 unspecified atom stereocenters. The Bertz CT molecular complexity index is 76.2. The maximum atomic E-state index is 3.60. The van der Waals surface area contributed by atoms with E-state index in [0.29, 0.717) is 0 Å². The Balaban J connectivity index is 2.76. The summed E-state index contributed by atoms with van der Waals surface area (Å²) in [5, 5.41) is 1.50. The van der Waals surface area contributed by atoms with Crippen molar-refractivity contribution in [3.05, 3.63) is 0 Å². The number of rotatable bonds is 10. The smallest absolute Gasteiger partial charge is 0.223 e. The Hall–Kier alpha value is 1.01. The molecule has 0 aliphatic carbocycles. The molecule has 0 aliphatic heterocycles. The first-order valence-electron chi connectivity index (χ1n) is 5.97. The monoisotopic (exact) mass is 262 g/mol. The fraction of sp³-hybridized carbons (Fsp3) is 1.00. The molecule has 0 bridgehead atoms. The highest BCUT2D eigenvalue weighted by molar-refractivity contribution is 9.23. The highest BCUT2D eigenvalue weighted by atomic mass is 79.9. The maximum Gasteiger partial charge on any atom is 0.342 e. The van der Waals surface area contributed by atoms with Gasteiger partial charge >= 0.3 is 13.4 Å². The normalized spacial score (nSPS) is 10.3. The van der Waals surface area contributed by atoms with E-state index in [2.05, 4.69) is 21.0 Å². The van der Waals surface area contributed by atoms with Crippen molar-refractivity contribution in [2.45, 2.75) is 70.0 Å². The SMILES string of the molecule is CCCCCCCCCC[CH2][AlH][Br]. The van der Waals surface area contributed by atoms with Crippen LogP contribution in [-0.4, -0.2) is 13.4 Å². The molecule has 0 rings (SSSR count). The van der Waals surface area contributed by atoms with Crippen molar-refractivity contribution in [2.24, 2.45) is 0 Å². The number of halogens is 1. The Morgan fingerprint density at radius 1 is 0.769 bits per heavy atom. The first kappa shape index (κ1) is 14.0. The van der Waals surface area contributed by atoms with Gasteiger partial charge in [0.1, 0.15) is 0 Å². The Kier molecular flexibility index (Phi) is 14.0. The number of hydrogen-bond donors (Lipinski definition) is 0. The molecule has 0 aromatic heterocycles. The molecule has 0 N–H and O–H groups in total. The van der Waals surface area contributed by atoms with Crippen molar-refractivity contribution in [2.75, 3.05) is 0 Å². The van der Waals surface area contributed by atoms with Gasteiger partial charge in [-0.2, -0.15) is 0 Å². The van der Waals surface area contributed by atoms with Crippen LogP contribution in [0.2, 0.25) is 5.28 Å². The summed E-state index contributed by atoms with van der Waals surface area (Å²) >= 11 is 3.78. The standard InChI is InChI=1S/C11H23.Al.BrH.H/c1-3-5-7-9-11-10-8-6-4-2;;;/h1,3-11H2,2H3;;1H;/q;+1;;/p-1. The van der Waals surface area contributed by atoms with Crippen molar-refractivity contribution in [1.82, 2.24) is 0 Å². The minimum absolute atomic E-state index is 0.176. The lowest BCUT2D eigenvalue weighted by molar-refractivity contribution is 0.572. The van der Waals surface area contributed by atoms with Gasteiger partial charge in [-0.25, -0.2) is 14.1 Å². The van der Waals surface area contributed by atoms with Gasteiger partial charge in [0.2, 0.25) is 0 Å². The molecule has 0 aliphatic rings. The molecule has 0 saturated carbocycles. The molecule has 2 heteroatoms. The molecular formula is C11H24AlBr. The molecule has 0 heterocycles. The first-order chi connectivity index (χ1) is 6.41. The lowest BCUT2D eigenvalue weighted by atomic mass is 10.1. The zero-order valence-corrected chi connectivity index (χ0v) is 12.2. The van der Waals surface area contributed by atoms with Gasteiger partial charge in [0, 0.05) is 0 Å². The third-order valence-electron chi connectivity index (χ3n) is 2.49. The van der Waals surface area contributed by atoms with E-state index in [1.807, 2.05) is 0 Å². The van der Waals surface area contributed by atoms with Crippen molar-refractivity contribution < 1.29 is 0 Å². The van der Waals surface area contributed by atoms with Gasteiger partial charge in [-0.1, -0.05) is 70.0 Å². The van der Waals surface area contributed by atoms with Gasteiger partial charge in [0.05, 0.1) is 0 Å². The molecule has 0 spiro atoms. The quantitative estimate of drug-likeness (QED) is 0.396. The van der Waals surface area contributed by atoms with Gasteiger partial charge in [-0.3, -0.25) is 0 Å². The van der Waals surface area contributed by atoms with Gasteiger partial charge in [-0.05, 0) is 0 Å². The maximum absolute atomic E-state index is 3.60. The van der Waals surface area contributed by atoms with Crippen molar-refractivity contribution in [1.29, 1.82) is 0 Å². The zero-order valence-electron chi connectivity index (χ0n) is 9.16. The van der Waals surface area contributed by atoms with Gasteiger partial charge < -0.3 is 0 Å². The summed E-state index contributed by atoms with van der Waals surface area (Å²) in [4.78, 5) is 0. The van der Waals surface area contributed by atoms with Crippen molar-refractivity contribution in [3.8, 4) is 0 Å². The molecule has 0 atom stereocenters. The average molecular weight is 263 g/mol. The summed E-state index contributed by atoms with van der Waals surface area (Å²) < 4.78 is 0. The molecular weight excluding hydrogens is 239 g/mol. The van der Waals surface area contributed by atoms with Crippen LogP contribution in [0.25, 0.3) is 0 Å². The minimum Gasteiger partial charge on any atom is -0.223 e. The van der Waals surface area contributed by atoms with Crippen LogP contribution in [0.5, 0.6) is 0 Å². The molecule has 0 saturated heterocycles. The minimum atomic E-state index is 0.176. The predicted octanol–water partition coefficient (Wildman–Crippen LogP) is 4.68. The predicted molar refractivity (Wildman–Crippen MR) is 68.1 cm³/mol. The Morgan fingerprint density at radius 2 is 1.23 bits per heavy atom. The van der Waals surface area contributed by atoms with Crippen LogP contribution >= 0.6 is 14.1 Å². The molecule has 0 aromatic rings. The molecule has 0 fully saturated rings. The summed E-state index contributed by atoms with van der Waals surface area (Å²) in [5.74, 6) is 0. The number of unbranched alkanes of at least 4 members (excludes halogenated alkanes) is 8. The summed E-state index contributed by atoms with van der Waals surface area (Å²) in [7, 11) is 0. The van der Waals surface area contributed by atoms with Crippen LogP contribution in [0.15, 0.2) is 0 Å². The van der Waals surface area contributed by atoms with Crippen molar-refractivity contribution in [3.63, 3.8) is 0 Å². The third-order valence-corrected chi connectivity index (χ3v) is 4.94. The Labute approximate surface area is 97.2 Å². The van der Waals surface area contributed by atoms with E-state index in [-0.39, 0.29) is 13.4 Å². The van der Waals surface area contributed by atoms with E-state index in [1.165, 1.54) is 63.1 Å². The van der Waals surface area contributed by atoms with Crippen LogP contribution in [0.1, 0.15) is 64.7 Å². The third kappa shape index (κ3) is 13.0. The van der Waals surface area contributed by atoms with E-state index in [9.17, 15) is 0 Å². The average Bonchev–Trinajstić information content (AvgIpc) is 2.16. The van der Waals surface area contributed by atoms with E-state index in [1.54, 1.807) is 0 Å². The summed E-state index contributed by atoms with van der Waals surface area (Å²) in [6, 6.07) is 0. The van der Waals surface area contributed by atoms with Crippen LogP contribution < -0.4 is 0 Å². The summed E-state index contributed by atoms with van der Waals surface area (Å²) in [5.41, 5.74) is 0. The molecule has 0 radical (unpaired) electrons.